The summed E-state index contributed by atoms with van der Waals surface area (Å²) >= 11 is 0. The monoisotopic (exact) mass is 378 g/mol. The zero-order valence-corrected chi connectivity index (χ0v) is 14.7. The number of aryl methyl sites for hydroxylation is 1. The van der Waals surface area contributed by atoms with Gasteiger partial charge in [0.05, 0.1) is 5.69 Å². The van der Waals surface area contributed by atoms with Gasteiger partial charge in [0.25, 0.3) is 0 Å². The summed E-state index contributed by atoms with van der Waals surface area (Å²) in [5.74, 6) is -0.223. The first-order valence-corrected chi connectivity index (χ1v) is 8.71. The first-order valence-electron chi connectivity index (χ1n) is 8.71. The summed E-state index contributed by atoms with van der Waals surface area (Å²) in [6, 6.07) is 9.01. The lowest BCUT2D eigenvalue weighted by Gasteiger charge is -2.15. The zero-order chi connectivity index (χ0) is 19.2. The topological polar surface area (TPSA) is 33.4 Å². The van der Waals surface area contributed by atoms with Crippen LogP contribution in [0.15, 0.2) is 36.4 Å². The lowest BCUT2D eigenvalue weighted by atomic mass is 10.1. The fourth-order valence-electron chi connectivity index (χ4n) is 3.58. The van der Waals surface area contributed by atoms with E-state index in [4.69, 9.17) is 0 Å². The molecule has 142 valence electrons. The molecular formula is C19H18F4N4. The number of fused-ring (bicyclic) bond motifs is 1. The summed E-state index contributed by atoms with van der Waals surface area (Å²) in [5.41, 5.74) is 1.35. The van der Waals surface area contributed by atoms with E-state index in [0.717, 1.165) is 29.1 Å². The van der Waals surface area contributed by atoms with Crippen molar-refractivity contribution < 1.29 is 17.6 Å². The molecule has 1 unspecified atom stereocenters. The Balaban J connectivity index is 1.55. The van der Waals surface area contributed by atoms with Crippen LogP contribution in [0.1, 0.15) is 35.0 Å². The van der Waals surface area contributed by atoms with Gasteiger partial charge in [0.1, 0.15) is 11.5 Å². The molecule has 3 heterocycles. The Morgan fingerprint density at radius 3 is 2.59 bits per heavy atom. The van der Waals surface area contributed by atoms with E-state index in [9.17, 15) is 17.6 Å². The van der Waals surface area contributed by atoms with Crippen LogP contribution >= 0.6 is 0 Å². The van der Waals surface area contributed by atoms with E-state index in [-0.39, 0.29) is 17.4 Å². The van der Waals surface area contributed by atoms with Gasteiger partial charge in [0, 0.05) is 30.8 Å². The third-order valence-electron chi connectivity index (χ3n) is 4.87. The van der Waals surface area contributed by atoms with Gasteiger partial charge in [-0.25, -0.2) is 13.9 Å². The van der Waals surface area contributed by atoms with Crippen molar-refractivity contribution in [2.45, 2.75) is 32.0 Å². The Hall–Kier alpha value is -2.48. The molecule has 8 heteroatoms. The van der Waals surface area contributed by atoms with E-state index in [1.54, 1.807) is 25.1 Å². The van der Waals surface area contributed by atoms with Crippen LogP contribution in [0.25, 0.3) is 5.65 Å². The fraction of sp³-hybridized carbons (Fsp3) is 0.368. The fourth-order valence-corrected chi connectivity index (χ4v) is 3.58. The lowest BCUT2D eigenvalue weighted by Crippen LogP contribution is -2.19. The van der Waals surface area contributed by atoms with Gasteiger partial charge in [-0.3, -0.25) is 4.90 Å². The van der Waals surface area contributed by atoms with Crippen molar-refractivity contribution in [3.05, 3.63) is 64.9 Å². The molecule has 4 nitrogen and oxygen atoms in total. The predicted octanol–water partition coefficient (Wildman–Crippen LogP) is 4.19. The van der Waals surface area contributed by atoms with Gasteiger partial charge in [-0.05, 0) is 43.7 Å². The minimum atomic E-state index is -4.49. The summed E-state index contributed by atoms with van der Waals surface area (Å²) in [4.78, 5) is 6.39. The molecule has 1 saturated heterocycles. The Morgan fingerprint density at radius 1 is 1.15 bits per heavy atom. The van der Waals surface area contributed by atoms with Gasteiger partial charge in [0.2, 0.25) is 0 Å². The number of benzene rings is 1. The van der Waals surface area contributed by atoms with Crippen LogP contribution in [-0.4, -0.2) is 32.6 Å². The highest BCUT2D eigenvalue weighted by molar-refractivity contribution is 5.43. The number of halogens is 4. The highest BCUT2D eigenvalue weighted by Crippen LogP contribution is 2.32. The quantitative estimate of drug-likeness (QED) is 0.641. The minimum Gasteiger partial charge on any atom is -0.298 e. The maximum Gasteiger partial charge on any atom is 0.433 e. The molecule has 2 aromatic heterocycles. The van der Waals surface area contributed by atoms with Crippen molar-refractivity contribution >= 4 is 5.65 Å². The number of likely N-dealkylation sites (tertiary alicyclic amines) is 1. The number of aromatic nitrogens is 3. The number of alkyl halides is 3. The average molecular weight is 378 g/mol. The molecule has 0 aliphatic carbocycles. The Kier molecular flexibility index (Phi) is 4.38. The van der Waals surface area contributed by atoms with E-state index in [2.05, 4.69) is 15.0 Å². The molecule has 0 radical (unpaired) electrons. The van der Waals surface area contributed by atoms with Gasteiger partial charge in [-0.2, -0.15) is 18.3 Å². The lowest BCUT2D eigenvalue weighted by molar-refractivity contribution is -0.142. The molecule has 1 atom stereocenters. The van der Waals surface area contributed by atoms with Gasteiger partial charge < -0.3 is 0 Å². The number of hydrogen-bond acceptors (Lipinski definition) is 3. The van der Waals surface area contributed by atoms with Gasteiger partial charge in [-0.15, -0.1) is 0 Å². The maximum atomic E-state index is 13.3. The van der Waals surface area contributed by atoms with E-state index < -0.39 is 11.9 Å². The van der Waals surface area contributed by atoms with E-state index in [1.165, 1.54) is 12.1 Å². The van der Waals surface area contributed by atoms with Crippen LogP contribution in [0.3, 0.4) is 0 Å². The summed E-state index contributed by atoms with van der Waals surface area (Å²) in [6.45, 7) is 3.73. The summed E-state index contributed by atoms with van der Waals surface area (Å²) < 4.78 is 53.8. The summed E-state index contributed by atoms with van der Waals surface area (Å²) in [6.07, 6.45) is -3.68. The Morgan fingerprint density at radius 2 is 1.89 bits per heavy atom. The first-order chi connectivity index (χ1) is 12.8. The second-order valence-corrected chi connectivity index (χ2v) is 6.97. The molecule has 1 fully saturated rings. The highest BCUT2D eigenvalue weighted by atomic mass is 19.4. The smallest absolute Gasteiger partial charge is 0.298 e. The van der Waals surface area contributed by atoms with Crippen molar-refractivity contribution in [3.63, 3.8) is 0 Å². The van der Waals surface area contributed by atoms with Gasteiger partial charge >= 0.3 is 6.18 Å². The van der Waals surface area contributed by atoms with Crippen LogP contribution in [0.4, 0.5) is 17.6 Å². The molecule has 27 heavy (non-hydrogen) atoms. The van der Waals surface area contributed by atoms with Crippen LogP contribution in [0.5, 0.6) is 0 Å². The second-order valence-electron chi connectivity index (χ2n) is 6.97. The van der Waals surface area contributed by atoms with Gasteiger partial charge in [0.15, 0.2) is 5.65 Å². The van der Waals surface area contributed by atoms with Crippen molar-refractivity contribution in [2.75, 3.05) is 13.1 Å². The Labute approximate surface area is 153 Å². The van der Waals surface area contributed by atoms with Crippen molar-refractivity contribution in [1.82, 2.24) is 19.5 Å². The van der Waals surface area contributed by atoms with Crippen LogP contribution < -0.4 is 0 Å². The predicted molar refractivity (Wildman–Crippen MR) is 91.8 cm³/mol. The normalized spacial score (nSPS) is 18.5. The first kappa shape index (κ1) is 17.9. The van der Waals surface area contributed by atoms with Crippen molar-refractivity contribution in [1.29, 1.82) is 0 Å². The molecule has 0 bridgehead atoms. The molecule has 0 spiro atoms. The third kappa shape index (κ3) is 3.66. The zero-order valence-electron chi connectivity index (χ0n) is 14.7. The molecule has 0 saturated carbocycles. The molecule has 1 aromatic carbocycles. The molecule has 4 rings (SSSR count). The Bertz CT molecular complexity index is 962. The standard InChI is InChI=1S/C19H18F4N4/c1-12-8-17(19(21,22)23)27-18(24-12)9-16(25-27)14-6-7-26(11-14)10-13-2-4-15(20)5-3-13/h2-5,8-9,14H,6-7,10-11H2,1H3. The number of nitrogens with zero attached hydrogens (tertiary/aromatic N) is 4. The largest absolute Gasteiger partial charge is 0.433 e. The maximum absolute atomic E-state index is 13.3. The van der Waals surface area contributed by atoms with E-state index in [1.807, 2.05) is 0 Å². The van der Waals surface area contributed by atoms with E-state index >= 15 is 0 Å². The van der Waals surface area contributed by atoms with Crippen molar-refractivity contribution in [3.8, 4) is 0 Å². The van der Waals surface area contributed by atoms with E-state index in [0.29, 0.717) is 24.5 Å². The SMILES string of the molecule is Cc1cc(C(F)(F)F)n2nc(C3CCN(Cc4ccc(F)cc4)C3)cc2n1. The summed E-state index contributed by atoms with van der Waals surface area (Å²) in [5, 5.41) is 4.21. The molecule has 0 amide bonds. The van der Waals surface area contributed by atoms with Crippen LogP contribution in [0, 0.1) is 12.7 Å². The molecule has 1 aliphatic rings. The molecule has 1 aliphatic heterocycles. The second kappa shape index (κ2) is 6.60. The highest BCUT2D eigenvalue weighted by Gasteiger charge is 2.35. The van der Waals surface area contributed by atoms with Crippen molar-refractivity contribution in [2.24, 2.45) is 0 Å². The molecule has 0 N–H and O–H groups in total. The van der Waals surface area contributed by atoms with Gasteiger partial charge in [-0.1, -0.05) is 12.1 Å². The molecule has 3 aromatic rings. The third-order valence-corrected chi connectivity index (χ3v) is 4.87. The molecular weight excluding hydrogens is 360 g/mol. The number of rotatable bonds is 3. The van der Waals surface area contributed by atoms with Crippen LogP contribution in [0.2, 0.25) is 0 Å². The number of hydrogen-bond donors (Lipinski definition) is 0. The van der Waals surface area contributed by atoms with Crippen LogP contribution in [-0.2, 0) is 12.7 Å². The average Bonchev–Trinajstić information content (AvgIpc) is 3.21. The summed E-state index contributed by atoms with van der Waals surface area (Å²) in [7, 11) is 0. The minimum absolute atomic E-state index is 0.0496.